The van der Waals surface area contributed by atoms with Crippen LogP contribution in [0.15, 0.2) is 46.9 Å². The number of esters is 1. The molecule has 208 valence electrons. The molecule has 0 unspecified atom stereocenters. The molecule has 0 aliphatic carbocycles. The van der Waals surface area contributed by atoms with Gasteiger partial charge in [0.05, 0.1) is 37.9 Å². The molecule has 1 amide bonds. The molecule has 0 saturated heterocycles. The van der Waals surface area contributed by atoms with Gasteiger partial charge in [-0.3, -0.25) is 4.79 Å². The highest BCUT2D eigenvalue weighted by atomic mass is 32.2. The van der Waals surface area contributed by atoms with Crippen LogP contribution in [0.2, 0.25) is 0 Å². The zero-order valence-electron chi connectivity index (χ0n) is 21.0. The van der Waals surface area contributed by atoms with Gasteiger partial charge in [0.2, 0.25) is 16.4 Å². The van der Waals surface area contributed by atoms with Crippen LogP contribution in [0.5, 0.6) is 11.5 Å². The zero-order chi connectivity index (χ0) is 28.0. The largest absolute Gasteiger partial charge is 0.463 e. The average Bonchev–Trinajstić information content (AvgIpc) is 2.87. The smallest absolute Gasteiger partial charge is 0.333 e. The summed E-state index contributed by atoms with van der Waals surface area (Å²) in [6.45, 7) is 4.68. The Morgan fingerprint density at radius 1 is 0.974 bits per heavy atom. The molecule has 10 nitrogen and oxygen atoms in total. The van der Waals surface area contributed by atoms with Crippen LogP contribution in [-0.4, -0.2) is 66.9 Å². The third kappa shape index (κ3) is 10.2. The highest BCUT2D eigenvalue weighted by Gasteiger charge is 2.17. The molecule has 38 heavy (non-hydrogen) atoms. The third-order valence-corrected chi connectivity index (χ3v) is 6.22. The fourth-order valence-corrected chi connectivity index (χ4v) is 3.98. The maximum atomic E-state index is 14.5. The molecule has 0 bridgehead atoms. The van der Waals surface area contributed by atoms with E-state index in [1.54, 1.807) is 6.92 Å². The summed E-state index contributed by atoms with van der Waals surface area (Å²) in [5.41, 5.74) is 0.277. The molecule has 2 aromatic carbocycles. The minimum atomic E-state index is -3.85. The number of nitrogens with one attached hydrogen (secondary N) is 2. The van der Waals surface area contributed by atoms with Gasteiger partial charge in [-0.25, -0.2) is 26.7 Å². The Labute approximate surface area is 220 Å². The summed E-state index contributed by atoms with van der Waals surface area (Å²) in [5.74, 6) is -3.27. The number of hydrogen-bond donors (Lipinski definition) is 2. The Morgan fingerprint density at radius 3 is 2.16 bits per heavy atom. The molecule has 0 fully saturated rings. The zero-order valence-corrected chi connectivity index (χ0v) is 21.8. The quantitative estimate of drug-likeness (QED) is 0.132. The lowest BCUT2D eigenvalue weighted by Crippen LogP contribution is -2.28. The Hall–Kier alpha value is -3.39. The topological polar surface area (TPSA) is 129 Å². The lowest BCUT2D eigenvalue weighted by atomic mass is 10.1. The Bertz CT molecular complexity index is 1180. The summed E-state index contributed by atoms with van der Waals surface area (Å²) in [4.78, 5) is 21.7. The monoisotopic (exact) mass is 556 g/mol. The van der Waals surface area contributed by atoms with Gasteiger partial charge in [-0.2, -0.15) is 0 Å². The SMILES string of the molecule is CCOC(=O)/C(C)=C/c1cc(F)c(Oc2ccc(S(=O)(=O)NCCOCCOCCNC=O)cc2)c(F)c1. The van der Waals surface area contributed by atoms with E-state index >= 15 is 0 Å². The molecule has 13 heteroatoms. The summed E-state index contributed by atoms with van der Waals surface area (Å²) in [5, 5.41) is 2.45. The molecule has 2 rings (SSSR count). The number of benzene rings is 2. The fraction of sp³-hybridized carbons (Fsp3) is 0.360. The Kier molecular flexibility index (Phi) is 12.8. The molecular weight excluding hydrogens is 526 g/mol. The van der Waals surface area contributed by atoms with Crippen LogP contribution in [0, 0.1) is 11.6 Å². The standard InChI is InChI=1S/C25H30F2N2O8S/c1-3-36-25(31)18(2)14-19-15-22(26)24(23(27)16-19)37-20-4-6-21(7-5-20)38(32,33)29-9-11-35-13-12-34-10-8-28-17-30/h4-7,14-17,29H,3,8-13H2,1-2H3,(H,28,30)/b18-14+. The molecular formula is C25H30F2N2O8S. The van der Waals surface area contributed by atoms with E-state index in [1.165, 1.54) is 37.3 Å². The van der Waals surface area contributed by atoms with Gasteiger partial charge in [-0.15, -0.1) is 0 Å². The Morgan fingerprint density at radius 2 is 1.58 bits per heavy atom. The highest BCUT2D eigenvalue weighted by Crippen LogP contribution is 2.30. The summed E-state index contributed by atoms with van der Waals surface area (Å²) in [7, 11) is -3.85. The van der Waals surface area contributed by atoms with Gasteiger partial charge in [0.15, 0.2) is 17.4 Å². The number of sulfonamides is 1. The van der Waals surface area contributed by atoms with Gasteiger partial charge in [-0.1, -0.05) is 0 Å². The van der Waals surface area contributed by atoms with Crippen molar-refractivity contribution in [2.24, 2.45) is 0 Å². The van der Waals surface area contributed by atoms with E-state index in [1.807, 2.05) is 0 Å². The van der Waals surface area contributed by atoms with Crippen molar-refractivity contribution in [2.75, 3.05) is 46.1 Å². The van der Waals surface area contributed by atoms with E-state index in [4.69, 9.17) is 18.9 Å². The molecule has 0 spiro atoms. The Balaban J connectivity index is 1.90. The first-order valence-electron chi connectivity index (χ1n) is 11.6. The minimum Gasteiger partial charge on any atom is -0.463 e. The molecule has 0 heterocycles. The van der Waals surface area contributed by atoms with Crippen molar-refractivity contribution in [1.29, 1.82) is 0 Å². The number of hydrogen-bond acceptors (Lipinski definition) is 8. The average molecular weight is 557 g/mol. The number of rotatable bonds is 17. The minimum absolute atomic E-state index is 0.0134. The first kappa shape index (κ1) is 30.8. The van der Waals surface area contributed by atoms with Crippen molar-refractivity contribution in [3.8, 4) is 11.5 Å². The molecule has 0 saturated carbocycles. The molecule has 0 aliphatic heterocycles. The van der Waals surface area contributed by atoms with Crippen LogP contribution in [0.1, 0.15) is 19.4 Å². The van der Waals surface area contributed by atoms with Gasteiger partial charge in [-0.05, 0) is 61.9 Å². The van der Waals surface area contributed by atoms with E-state index in [2.05, 4.69) is 10.0 Å². The third-order valence-electron chi connectivity index (χ3n) is 4.74. The summed E-state index contributed by atoms with van der Waals surface area (Å²) in [6.07, 6.45) is 1.86. The summed E-state index contributed by atoms with van der Waals surface area (Å²) < 4.78 is 76.9. The molecule has 2 N–H and O–H groups in total. The van der Waals surface area contributed by atoms with Crippen LogP contribution in [-0.2, 0) is 33.8 Å². The van der Waals surface area contributed by atoms with Crippen molar-refractivity contribution < 1.29 is 45.7 Å². The van der Waals surface area contributed by atoms with E-state index in [0.29, 0.717) is 26.2 Å². The first-order valence-corrected chi connectivity index (χ1v) is 13.1. The second kappa shape index (κ2) is 15.8. The maximum absolute atomic E-state index is 14.5. The number of halogens is 2. The van der Waals surface area contributed by atoms with Gasteiger partial charge in [0.1, 0.15) is 5.75 Å². The van der Waals surface area contributed by atoms with Crippen LogP contribution >= 0.6 is 0 Å². The first-order chi connectivity index (χ1) is 18.2. The van der Waals surface area contributed by atoms with Crippen LogP contribution in [0.4, 0.5) is 8.78 Å². The molecule has 0 aliphatic rings. The van der Waals surface area contributed by atoms with Crippen LogP contribution in [0.3, 0.4) is 0 Å². The normalized spacial score (nSPS) is 11.7. The van der Waals surface area contributed by atoms with E-state index in [0.717, 1.165) is 12.1 Å². The van der Waals surface area contributed by atoms with Gasteiger partial charge in [0.25, 0.3) is 0 Å². The summed E-state index contributed by atoms with van der Waals surface area (Å²) >= 11 is 0. The number of carbonyl (C=O) groups excluding carboxylic acids is 2. The predicted octanol–water partition coefficient (Wildman–Crippen LogP) is 2.78. The van der Waals surface area contributed by atoms with Crippen molar-refractivity contribution in [3.05, 3.63) is 59.2 Å². The summed E-state index contributed by atoms with van der Waals surface area (Å²) in [6, 6.07) is 7.00. The van der Waals surface area contributed by atoms with Gasteiger partial charge < -0.3 is 24.3 Å². The van der Waals surface area contributed by atoms with E-state index < -0.39 is 33.4 Å². The maximum Gasteiger partial charge on any atom is 0.333 e. The lowest BCUT2D eigenvalue weighted by molar-refractivity contribution is -0.138. The van der Waals surface area contributed by atoms with Crippen LogP contribution < -0.4 is 14.8 Å². The number of carbonyl (C=O) groups is 2. The van der Waals surface area contributed by atoms with E-state index in [-0.39, 0.29) is 48.1 Å². The van der Waals surface area contributed by atoms with E-state index in [9.17, 15) is 26.8 Å². The van der Waals surface area contributed by atoms with Gasteiger partial charge in [0, 0.05) is 18.7 Å². The number of amides is 1. The fourth-order valence-electron chi connectivity index (χ4n) is 2.96. The van der Waals surface area contributed by atoms with Crippen molar-refractivity contribution in [1.82, 2.24) is 10.0 Å². The van der Waals surface area contributed by atoms with Crippen molar-refractivity contribution >= 4 is 28.5 Å². The highest BCUT2D eigenvalue weighted by molar-refractivity contribution is 7.89. The lowest BCUT2D eigenvalue weighted by Gasteiger charge is -2.11. The molecule has 2 aromatic rings. The predicted molar refractivity (Wildman–Crippen MR) is 134 cm³/mol. The molecule has 0 atom stereocenters. The van der Waals surface area contributed by atoms with Crippen molar-refractivity contribution in [2.45, 2.75) is 18.7 Å². The second-order valence-electron chi connectivity index (χ2n) is 7.63. The van der Waals surface area contributed by atoms with Crippen LogP contribution in [0.25, 0.3) is 6.08 Å². The number of ether oxygens (including phenoxy) is 4. The van der Waals surface area contributed by atoms with Gasteiger partial charge >= 0.3 is 5.97 Å². The molecule has 0 radical (unpaired) electrons. The second-order valence-corrected chi connectivity index (χ2v) is 9.40. The molecule has 0 aromatic heterocycles. The van der Waals surface area contributed by atoms with Crippen molar-refractivity contribution in [3.63, 3.8) is 0 Å².